The van der Waals surface area contributed by atoms with Crippen molar-refractivity contribution in [2.75, 3.05) is 30.5 Å². The van der Waals surface area contributed by atoms with Crippen molar-refractivity contribution in [3.05, 3.63) is 62.7 Å². The van der Waals surface area contributed by atoms with E-state index in [1.165, 1.54) is 6.08 Å². The molecule has 0 saturated carbocycles. The van der Waals surface area contributed by atoms with Crippen molar-refractivity contribution in [1.29, 1.82) is 0 Å². The molecule has 3 aliphatic rings. The highest BCUT2D eigenvalue weighted by Gasteiger charge is 2.38. The van der Waals surface area contributed by atoms with Crippen LogP contribution in [0.1, 0.15) is 13.3 Å². The number of rotatable bonds is 11. The van der Waals surface area contributed by atoms with Crippen LogP contribution < -0.4 is 39.4 Å². The van der Waals surface area contributed by atoms with Gasteiger partial charge in [-0.05, 0) is 31.2 Å². The summed E-state index contributed by atoms with van der Waals surface area (Å²) in [4.78, 5) is 89.5. The van der Waals surface area contributed by atoms with Crippen molar-refractivity contribution >= 4 is 90.3 Å². The summed E-state index contributed by atoms with van der Waals surface area (Å²) in [5.41, 5.74) is -1.18. The first-order valence-electron chi connectivity index (χ1n) is 14.9. The van der Waals surface area contributed by atoms with E-state index in [0.29, 0.717) is 55.1 Å². The Kier molecular flexibility index (Phi) is 9.99. The van der Waals surface area contributed by atoms with Crippen molar-refractivity contribution < 1.29 is 66.5 Å². The van der Waals surface area contributed by atoms with Crippen molar-refractivity contribution in [2.24, 2.45) is 0 Å². The van der Waals surface area contributed by atoms with Gasteiger partial charge >= 0.3 is 17.9 Å². The maximum atomic E-state index is 13.8. The van der Waals surface area contributed by atoms with E-state index in [4.69, 9.17) is 19.3 Å². The monoisotopic (exact) mass is 812 g/mol. The Morgan fingerprint density at radius 2 is 1.47 bits per heavy atom. The van der Waals surface area contributed by atoms with Gasteiger partial charge in [0.25, 0.3) is 32.4 Å². The summed E-state index contributed by atoms with van der Waals surface area (Å²) in [5, 5.41) is 27.4. The van der Waals surface area contributed by atoms with Gasteiger partial charge < -0.3 is 34.4 Å². The average molecular weight is 813 g/mol. The van der Waals surface area contributed by atoms with E-state index in [-0.39, 0.29) is 61.4 Å². The number of amides is 2. The molecule has 2 amide bonds. The van der Waals surface area contributed by atoms with E-state index in [0.717, 1.165) is 4.57 Å². The van der Waals surface area contributed by atoms with Crippen LogP contribution in [0.4, 0.5) is 10.5 Å². The molecule has 4 N–H and O–H groups in total. The molecular formula is C29H24N4O16S4. The van der Waals surface area contributed by atoms with Gasteiger partial charge in [0.2, 0.25) is 12.7 Å². The molecule has 53 heavy (non-hydrogen) atoms. The van der Waals surface area contributed by atoms with Crippen LogP contribution in [0.15, 0.2) is 33.2 Å². The first-order valence-corrected chi connectivity index (χ1v) is 18.9. The van der Waals surface area contributed by atoms with Crippen LogP contribution in [0.2, 0.25) is 0 Å². The Hall–Kier alpha value is -5.43. The number of carboxylic acids is 3. The van der Waals surface area contributed by atoms with Crippen LogP contribution >= 0.6 is 34.4 Å². The molecular weight excluding hydrogens is 789 g/mol. The minimum Gasteiger partial charge on any atom is -0.480 e. The molecule has 0 radical (unpaired) electrons. The van der Waals surface area contributed by atoms with E-state index in [9.17, 15) is 56.7 Å². The molecule has 0 atom stereocenters. The quantitative estimate of drug-likeness (QED) is 0.176. The van der Waals surface area contributed by atoms with Gasteiger partial charge in [-0.3, -0.25) is 52.1 Å². The van der Waals surface area contributed by atoms with E-state index in [1.807, 2.05) is 0 Å². The molecule has 280 valence electrons. The Morgan fingerprint density at radius 1 is 0.849 bits per heavy atom. The number of aromatic nitrogens is 2. The predicted octanol–water partition coefficient (Wildman–Crippen LogP) is -0.605. The smallest absolute Gasteiger partial charge is 0.323 e. The molecule has 3 aromatic rings. The number of carboxylic acid groups (broad SMARTS) is 3. The van der Waals surface area contributed by atoms with Crippen LogP contribution in [0.3, 0.4) is 0 Å². The maximum Gasteiger partial charge on any atom is 0.323 e. The molecule has 1 aromatic carbocycles. The molecule has 0 aliphatic carbocycles. The molecule has 0 unspecified atom stereocenters. The van der Waals surface area contributed by atoms with E-state index >= 15 is 0 Å². The second-order valence-corrected chi connectivity index (χ2v) is 15.8. The number of aliphatic carboxylic acids is 3. The van der Waals surface area contributed by atoms with Crippen LogP contribution in [0.5, 0.6) is 17.2 Å². The second-order valence-electron chi connectivity index (χ2n) is 11.3. The maximum absolute atomic E-state index is 13.8. The Balaban J connectivity index is 1.57. The normalized spacial score (nSPS) is 18.1. The fourth-order valence-electron chi connectivity index (χ4n) is 5.41. The molecule has 0 spiro atoms. The number of carbonyl (C=O) groups excluding carboxylic acids is 2. The molecule has 3 aliphatic heterocycles. The molecule has 6 rings (SSSR count). The third kappa shape index (κ3) is 7.43. The number of benzene rings is 1. The van der Waals surface area contributed by atoms with Crippen molar-refractivity contribution in [2.45, 2.75) is 26.4 Å². The predicted molar refractivity (Wildman–Crippen MR) is 184 cm³/mol. The lowest BCUT2D eigenvalue weighted by molar-refractivity contribution is -0.140. The standard InChI is InChI=1S/C29H24N4O16S4/c1-12(26-30(3-2-4-53(44,45)46)13-6-15-16(48-11-47-15)7-14(13)49-26)5-17-23(40)31(8-18(34)35)27(50-17)21-24(41)32(9-19(36)37)28(51-21)22-25(42)33(10-20(38)39)29(43)52-22/h5-7H,2-4,8-11H2,1H3,(H,34,35)(H,36,37)(H,38,39)(H,44,45,46)/b17-5?,26-12?,27-21+,28-22+. The molecule has 0 bridgehead atoms. The number of hydrogen-bond acceptors (Lipinski definition) is 16. The molecule has 2 aromatic heterocycles. The molecule has 5 heterocycles. The van der Waals surface area contributed by atoms with Gasteiger partial charge in [0, 0.05) is 24.3 Å². The van der Waals surface area contributed by atoms with E-state index in [2.05, 4.69) is 0 Å². The SMILES string of the molecule is CC(C=c1s/c(=c2/s/c(=C3/SC(=O)N(CC(=O)O)C3=O)n(CC(=O)O)c2=O)n(CC(=O)O)c1=O)=C1Oc2cc3c(cc2N1CCCS(=O)(=O)O)OCO3. The van der Waals surface area contributed by atoms with Crippen molar-refractivity contribution in [3.63, 3.8) is 0 Å². The number of allylic oxidation sites excluding steroid dienone is 1. The number of fused-ring (bicyclic) bond motifs is 2. The molecule has 1 saturated heterocycles. The van der Waals surface area contributed by atoms with Gasteiger partial charge in [-0.1, -0.05) is 0 Å². The number of carbonyl (C=O) groups is 5. The lowest BCUT2D eigenvalue weighted by atomic mass is 10.2. The van der Waals surface area contributed by atoms with Crippen LogP contribution in [0.25, 0.3) is 11.0 Å². The summed E-state index contributed by atoms with van der Waals surface area (Å²) in [6.45, 7) is -1.43. The van der Waals surface area contributed by atoms with Crippen molar-refractivity contribution in [3.8, 4) is 17.2 Å². The third-order valence-electron chi connectivity index (χ3n) is 7.57. The Labute approximate surface area is 306 Å². The van der Waals surface area contributed by atoms with Crippen LogP contribution in [-0.4, -0.2) is 97.0 Å². The first kappa shape index (κ1) is 37.3. The summed E-state index contributed by atoms with van der Waals surface area (Å²) in [6, 6.07) is 3.15. The summed E-state index contributed by atoms with van der Waals surface area (Å²) in [7, 11) is -4.31. The van der Waals surface area contributed by atoms with Gasteiger partial charge in [0.1, 0.15) is 38.4 Å². The van der Waals surface area contributed by atoms with E-state index < -0.39 is 80.6 Å². The minimum absolute atomic E-state index is 0.00887. The fraction of sp³-hybridized carbons (Fsp3) is 0.276. The van der Waals surface area contributed by atoms with Gasteiger partial charge in [0.15, 0.2) is 17.2 Å². The molecule has 20 nitrogen and oxygen atoms in total. The van der Waals surface area contributed by atoms with Gasteiger partial charge in [0.05, 0.1) is 16.0 Å². The number of nitrogens with zero attached hydrogens (tertiary/aromatic N) is 4. The zero-order valence-electron chi connectivity index (χ0n) is 26.8. The van der Waals surface area contributed by atoms with Gasteiger partial charge in [-0.15, -0.1) is 22.7 Å². The topological polar surface area (TPSA) is 279 Å². The first-order chi connectivity index (χ1) is 24.9. The minimum atomic E-state index is -4.31. The van der Waals surface area contributed by atoms with Gasteiger partial charge in [-0.2, -0.15) is 8.42 Å². The number of hydrogen-bond donors (Lipinski definition) is 4. The van der Waals surface area contributed by atoms with Crippen LogP contribution in [0, 0.1) is 9.20 Å². The third-order valence-corrected chi connectivity index (χ3v) is 11.9. The number of ether oxygens (including phenoxy) is 3. The number of imide groups is 1. The Bertz CT molecular complexity index is 2640. The highest BCUT2D eigenvalue weighted by molar-refractivity contribution is 8.23. The van der Waals surface area contributed by atoms with E-state index in [1.54, 1.807) is 24.0 Å². The van der Waals surface area contributed by atoms with Crippen LogP contribution in [-0.2, 0) is 42.4 Å². The Morgan fingerprint density at radius 3 is 2.09 bits per heavy atom. The summed E-state index contributed by atoms with van der Waals surface area (Å²) in [6.07, 6.45) is 1.29. The van der Waals surface area contributed by atoms with Crippen molar-refractivity contribution in [1.82, 2.24) is 14.0 Å². The molecule has 24 heteroatoms. The second kappa shape index (κ2) is 14.2. The summed E-state index contributed by atoms with van der Waals surface area (Å²) in [5.74, 6) is -4.99. The lowest BCUT2D eigenvalue weighted by Crippen LogP contribution is -2.35. The number of anilines is 1. The lowest BCUT2D eigenvalue weighted by Gasteiger charge is -2.19. The zero-order valence-corrected chi connectivity index (χ0v) is 30.1. The zero-order chi connectivity index (χ0) is 38.5. The molecule has 1 fully saturated rings. The average Bonchev–Trinajstić information content (AvgIpc) is 3.86. The highest BCUT2D eigenvalue weighted by atomic mass is 32.2. The summed E-state index contributed by atoms with van der Waals surface area (Å²) < 4.78 is 49.6. The number of thioether (sulfide) groups is 1. The van der Waals surface area contributed by atoms with Gasteiger partial charge in [-0.25, -0.2) is 0 Å². The highest BCUT2D eigenvalue weighted by Crippen LogP contribution is 2.48. The summed E-state index contributed by atoms with van der Waals surface area (Å²) >= 11 is 1.46. The fourth-order valence-corrected chi connectivity index (χ4v) is 9.34. The number of thiazole rings is 2. The largest absolute Gasteiger partial charge is 0.480 e.